The van der Waals surface area contributed by atoms with Gasteiger partial charge in [0, 0.05) is 40.7 Å². The molecule has 1 saturated heterocycles. The number of rotatable bonds is 4. The number of nitrogen functional groups attached to an aromatic ring is 1. The summed E-state index contributed by atoms with van der Waals surface area (Å²) in [6.45, 7) is 2.07. The highest BCUT2D eigenvalue weighted by atomic mass is 15.3. The third kappa shape index (κ3) is 3.93. The minimum absolute atomic E-state index is 0.444. The van der Waals surface area contributed by atoms with Gasteiger partial charge < -0.3 is 11.1 Å². The number of fused-ring (bicyclic) bond motifs is 1. The van der Waals surface area contributed by atoms with Crippen LogP contribution < -0.4 is 11.1 Å². The number of hydrogen-bond donors (Lipinski definition) is 2. The molecule has 6 nitrogen and oxygen atoms in total. The maximum absolute atomic E-state index is 6.29. The van der Waals surface area contributed by atoms with Gasteiger partial charge in [0.25, 0.3) is 0 Å². The molecule has 3 N–H and O–H groups in total. The summed E-state index contributed by atoms with van der Waals surface area (Å²) < 4.78 is 2.09. The van der Waals surface area contributed by atoms with Crippen LogP contribution in [-0.4, -0.2) is 32.8 Å². The molecule has 5 aromatic rings. The van der Waals surface area contributed by atoms with Gasteiger partial charge in [-0.05, 0) is 60.6 Å². The van der Waals surface area contributed by atoms with E-state index in [0.717, 1.165) is 59.1 Å². The molecule has 168 valence electrons. The number of benzene rings is 2. The van der Waals surface area contributed by atoms with Crippen LogP contribution in [0.4, 0.5) is 5.82 Å². The molecule has 0 saturated carbocycles. The van der Waals surface area contributed by atoms with Gasteiger partial charge in [0.05, 0.1) is 17.9 Å². The van der Waals surface area contributed by atoms with Gasteiger partial charge in [-0.2, -0.15) is 5.10 Å². The van der Waals surface area contributed by atoms with Crippen LogP contribution in [0, 0.1) is 0 Å². The van der Waals surface area contributed by atoms with Crippen molar-refractivity contribution in [1.29, 1.82) is 0 Å². The van der Waals surface area contributed by atoms with Gasteiger partial charge in [-0.3, -0.25) is 9.67 Å². The van der Waals surface area contributed by atoms with E-state index in [1.165, 1.54) is 11.1 Å². The molecular formula is C28H26N6. The summed E-state index contributed by atoms with van der Waals surface area (Å²) in [6, 6.07) is 21.4. The summed E-state index contributed by atoms with van der Waals surface area (Å²) in [6.07, 6.45) is 9.96. The second-order valence-electron chi connectivity index (χ2n) is 8.84. The normalized spacial score (nSPS) is 14.5. The molecule has 6 rings (SSSR count). The molecule has 1 aliphatic heterocycles. The summed E-state index contributed by atoms with van der Waals surface area (Å²) in [7, 11) is 0. The molecule has 6 heteroatoms. The zero-order valence-corrected chi connectivity index (χ0v) is 18.9. The number of nitrogens with one attached hydrogen (secondary N) is 1. The number of piperidine rings is 1. The summed E-state index contributed by atoms with van der Waals surface area (Å²) in [5, 5.41) is 10.2. The quantitative estimate of drug-likeness (QED) is 0.390. The summed E-state index contributed by atoms with van der Waals surface area (Å²) >= 11 is 0. The fourth-order valence-corrected chi connectivity index (χ4v) is 4.70. The Labute approximate surface area is 198 Å². The molecular weight excluding hydrogens is 420 g/mol. The second kappa shape index (κ2) is 8.72. The lowest BCUT2D eigenvalue weighted by molar-refractivity contribution is 0.343. The molecule has 0 atom stereocenters. The van der Waals surface area contributed by atoms with Gasteiger partial charge in [-0.15, -0.1) is 0 Å². The van der Waals surface area contributed by atoms with Gasteiger partial charge in [0.2, 0.25) is 0 Å². The van der Waals surface area contributed by atoms with Crippen LogP contribution in [0.15, 0.2) is 85.5 Å². The first-order valence-corrected chi connectivity index (χ1v) is 11.7. The number of hydrogen-bond acceptors (Lipinski definition) is 5. The van der Waals surface area contributed by atoms with E-state index < -0.39 is 0 Å². The monoisotopic (exact) mass is 446 g/mol. The molecule has 0 aliphatic carbocycles. The Bertz CT molecular complexity index is 1450. The van der Waals surface area contributed by atoms with Crippen LogP contribution in [0.1, 0.15) is 18.9 Å². The van der Waals surface area contributed by atoms with Crippen molar-refractivity contribution in [2.75, 3.05) is 18.8 Å². The van der Waals surface area contributed by atoms with Crippen LogP contribution in [0.2, 0.25) is 0 Å². The van der Waals surface area contributed by atoms with Gasteiger partial charge >= 0.3 is 0 Å². The van der Waals surface area contributed by atoms with Crippen LogP contribution in [0.3, 0.4) is 0 Å². The third-order valence-electron chi connectivity index (χ3n) is 6.64. The largest absolute Gasteiger partial charge is 0.383 e. The third-order valence-corrected chi connectivity index (χ3v) is 6.64. The highest BCUT2D eigenvalue weighted by Crippen LogP contribution is 2.32. The first-order chi connectivity index (χ1) is 16.7. The van der Waals surface area contributed by atoms with Crippen molar-refractivity contribution in [2.24, 2.45) is 0 Å². The fourth-order valence-electron chi connectivity index (χ4n) is 4.70. The van der Waals surface area contributed by atoms with E-state index >= 15 is 0 Å². The van der Waals surface area contributed by atoms with Crippen LogP contribution in [0.5, 0.6) is 0 Å². The summed E-state index contributed by atoms with van der Waals surface area (Å²) in [4.78, 5) is 9.22. The molecule has 34 heavy (non-hydrogen) atoms. The van der Waals surface area contributed by atoms with Gasteiger partial charge in [-0.25, -0.2) is 4.98 Å². The van der Waals surface area contributed by atoms with E-state index in [2.05, 4.69) is 80.9 Å². The average Bonchev–Trinajstić information content (AvgIpc) is 3.40. The number of nitrogens with two attached hydrogens (primary N) is 1. The van der Waals surface area contributed by atoms with Crippen molar-refractivity contribution in [1.82, 2.24) is 25.1 Å². The Kier molecular flexibility index (Phi) is 5.28. The molecule has 1 aliphatic rings. The molecule has 0 radical (unpaired) electrons. The smallest absolute Gasteiger partial charge is 0.132 e. The summed E-state index contributed by atoms with van der Waals surface area (Å²) in [5.41, 5.74) is 12.3. The second-order valence-corrected chi connectivity index (χ2v) is 8.84. The van der Waals surface area contributed by atoms with Gasteiger partial charge in [0.1, 0.15) is 5.82 Å². The zero-order chi connectivity index (χ0) is 22.9. The minimum Gasteiger partial charge on any atom is -0.383 e. The predicted octanol–water partition coefficient (Wildman–Crippen LogP) is 5.33. The van der Waals surface area contributed by atoms with Gasteiger partial charge in [-0.1, -0.05) is 42.5 Å². The standard InChI is InChI=1S/C28H26N6/c29-28-26(13-23(16-32-28)24-17-33-34(18-24)25-8-10-30-11-9-25)27-14-21-7-6-20(12-22(21)15-31-27)19-4-2-1-3-5-19/h1-7,12-18,25,30H,8-11H2,(H2,29,32). The Morgan fingerprint density at radius 1 is 0.765 bits per heavy atom. The first kappa shape index (κ1) is 20.6. The Morgan fingerprint density at radius 3 is 2.47 bits per heavy atom. The Hall–Kier alpha value is -4.03. The first-order valence-electron chi connectivity index (χ1n) is 11.7. The maximum Gasteiger partial charge on any atom is 0.132 e. The van der Waals surface area contributed by atoms with Gasteiger partial charge in [0.15, 0.2) is 0 Å². The van der Waals surface area contributed by atoms with Crippen molar-refractivity contribution < 1.29 is 0 Å². The van der Waals surface area contributed by atoms with Crippen LogP contribution in [0.25, 0.3) is 44.3 Å². The van der Waals surface area contributed by atoms with Crippen molar-refractivity contribution >= 4 is 16.6 Å². The van der Waals surface area contributed by atoms with Crippen molar-refractivity contribution in [2.45, 2.75) is 18.9 Å². The SMILES string of the molecule is Nc1ncc(-c2cnn(C3CCNCC3)c2)cc1-c1cc2ccc(-c3ccccc3)cc2cn1. The molecule has 0 bridgehead atoms. The average molecular weight is 447 g/mol. The Morgan fingerprint density at radius 2 is 1.62 bits per heavy atom. The molecule has 0 unspecified atom stereocenters. The molecule has 3 aromatic heterocycles. The lowest BCUT2D eigenvalue weighted by Crippen LogP contribution is -2.29. The van der Waals surface area contributed by atoms with Crippen molar-refractivity contribution in [3.05, 3.63) is 85.5 Å². The van der Waals surface area contributed by atoms with E-state index in [1.54, 1.807) is 0 Å². The highest BCUT2D eigenvalue weighted by molar-refractivity contribution is 5.90. The molecule has 0 amide bonds. The zero-order valence-electron chi connectivity index (χ0n) is 18.9. The minimum atomic E-state index is 0.444. The van der Waals surface area contributed by atoms with Crippen LogP contribution in [-0.2, 0) is 0 Å². The molecule has 2 aromatic carbocycles. The van der Waals surface area contributed by atoms with Crippen LogP contribution >= 0.6 is 0 Å². The van der Waals surface area contributed by atoms with Crippen molar-refractivity contribution in [3.8, 4) is 33.5 Å². The maximum atomic E-state index is 6.29. The van der Waals surface area contributed by atoms with Crippen molar-refractivity contribution in [3.63, 3.8) is 0 Å². The number of aromatic nitrogens is 4. The highest BCUT2D eigenvalue weighted by Gasteiger charge is 2.17. The number of nitrogens with zero attached hydrogens (tertiary/aromatic N) is 4. The topological polar surface area (TPSA) is 81.6 Å². The van der Waals surface area contributed by atoms with E-state index in [9.17, 15) is 0 Å². The molecule has 1 fully saturated rings. The fraction of sp³-hybridized carbons (Fsp3) is 0.179. The van der Waals surface area contributed by atoms with E-state index in [-0.39, 0.29) is 0 Å². The Balaban J connectivity index is 1.33. The molecule has 0 spiro atoms. The van der Waals surface area contributed by atoms with E-state index in [1.807, 2.05) is 24.7 Å². The predicted molar refractivity (Wildman–Crippen MR) is 137 cm³/mol. The lowest BCUT2D eigenvalue weighted by Gasteiger charge is -2.22. The number of pyridine rings is 2. The van der Waals surface area contributed by atoms with E-state index in [0.29, 0.717) is 11.9 Å². The number of anilines is 1. The van der Waals surface area contributed by atoms with E-state index in [4.69, 9.17) is 10.7 Å². The lowest BCUT2D eigenvalue weighted by atomic mass is 10.0. The summed E-state index contributed by atoms with van der Waals surface area (Å²) in [5.74, 6) is 0.474. The molecule has 4 heterocycles.